The first-order valence-electron chi connectivity index (χ1n) is 9.10. The van der Waals surface area contributed by atoms with Crippen LogP contribution in [-0.4, -0.2) is 20.9 Å². The number of nitro benzene ring substituents is 1. The van der Waals surface area contributed by atoms with Gasteiger partial charge < -0.3 is 4.57 Å². The molecule has 3 aromatic rings. The maximum absolute atomic E-state index is 14.7. The van der Waals surface area contributed by atoms with Gasteiger partial charge in [-0.1, -0.05) is 18.2 Å². The molecule has 0 spiro atoms. The van der Waals surface area contributed by atoms with Gasteiger partial charge in [0.15, 0.2) is 0 Å². The van der Waals surface area contributed by atoms with Gasteiger partial charge in [0, 0.05) is 55.3 Å². The molecule has 0 aliphatic carbocycles. The average molecular weight is 383 g/mol. The molecule has 2 heterocycles. The highest BCUT2D eigenvalue weighted by Crippen LogP contribution is 2.34. The minimum atomic E-state index is -0.615. The third-order valence-corrected chi connectivity index (χ3v) is 5.12. The summed E-state index contributed by atoms with van der Waals surface area (Å²) in [6.07, 6.45) is 2.82. The summed E-state index contributed by atoms with van der Waals surface area (Å²) in [5.41, 5.74) is 2.13. The molecule has 144 valence electrons. The SMILES string of the molecule is O=[N+]([O-])c1cccc(CN2CCCn3cccc3C2c2ccc(F)cc2F)c1. The largest absolute Gasteiger partial charge is 0.350 e. The van der Waals surface area contributed by atoms with Crippen LogP contribution in [0.2, 0.25) is 0 Å². The zero-order chi connectivity index (χ0) is 19.7. The van der Waals surface area contributed by atoms with Gasteiger partial charge in [0.25, 0.3) is 5.69 Å². The second-order valence-corrected chi connectivity index (χ2v) is 6.95. The molecule has 1 aliphatic rings. The van der Waals surface area contributed by atoms with E-state index in [9.17, 15) is 18.9 Å². The number of nitrogens with zero attached hydrogens (tertiary/aromatic N) is 3. The minimum Gasteiger partial charge on any atom is -0.350 e. The smallest absolute Gasteiger partial charge is 0.269 e. The van der Waals surface area contributed by atoms with E-state index in [2.05, 4.69) is 9.47 Å². The molecular formula is C21H19F2N3O2. The number of halogens is 2. The zero-order valence-corrected chi connectivity index (χ0v) is 15.1. The first-order valence-corrected chi connectivity index (χ1v) is 9.10. The van der Waals surface area contributed by atoms with Crippen LogP contribution in [0, 0.1) is 21.7 Å². The van der Waals surface area contributed by atoms with E-state index < -0.39 is 22.6 Å². The number of fused-ring (bicyclic) bond motifs is 1. The third kappa shape index (κ3) is 3.53. The molecule has 0 radical (unpaired) electrons. The highest BCUT2D eigenvalue weighted by atomic mass is 19.1. The molecule has 0 N–H and O–H groups in total. The molecule has 0 amide bonds. The Morgan fingerprint density at radius 2 is 1.93 bits per heavy atom. The summed E-state index contributed by atoms with van der Waals surface area (Å²) >= 11 is 0. The molecule has 1 unspecified atom stereocenters. The summed E-state index contributed by atoms with van der Waals surface area (Å²) in [6.45, 7) is 1.91. The molecule has 2 aromatic carbocycles. The van der Waals surface area contributed by atoms with Gasteiger partial charge >= 0.3 is 0 Å². The van der Waals surface area contributed by atoms with Crippen LogP contribution in [0.4, 0.5) is 14.5 Å². The Balaban J connectivity index is 1.76. The maximum atomic E-state index is 14.7. The second-order valence-electron chi connectivity index (χ2n) is 6.95. The van der Waals surface area contributed by atoms with Crippen molar-refractivity contribution in [2.24, 2.45) is 0 Å². The quantitative estimate of drug-likeness (QED) is 0.486. The Morgan fingerprint density at radius 3 is 2.71 bits per heavy atom. The van der Waals surface area contributed by atoms with Crippen molar-refractivity contribution in [3.05, 3.63) is 99.4 Å². The standard InChI is InChI=1S/C21H19F2N3O2/c22-16-7-8-18(19(23)13-16)21-20-6-2-9-24(20)10-3-11-25(21)14-15-4-1-5-17(12-15)26(27)28/h1-2,4-9,12-13,21H,3,10-11,14H2. The molecule has 0 bridgehead atoms. The number of non-ortho nitro benzene ring substituents is 1. The van der Waals surface area contributed by atoms with Crippen LogP contribution >= 0.6 is 0 Å². The number of hydrogen-bond acceptors (Lipinski definition) is 3. The molecule has 7 heteroatoms. The summed E-state index contributed by atoms with van der Waals surface area (Å²) < 4.78 is 30.2. The normalized spacial score (nSPS) is 17.1. The maximum Gasteiger partial charge on any atom is 0.269 e. The van der Waals surface area contributed by atoms with Crippen molar-refractivity contribution in [2.45, 2.75) is 25.6 Å². The number of benzene rings is 2. The number of rotatable bonds is 4. The van der Waals surface area contributed by atoms with Crippen LogP contribution in [0.1, 0.15) is 29.3 Å². The van der Waals surface area contributed by atoms with E-state index in [0.717, 1.165) is 30.3 Å². The minimum absolute atomic E-state index is 0.0280. The van der Waals surface area contributed by atoms with Crippen molar-refractivity contribution < 1.29 is 13.7 Å². The van der Waals surface area contributed by atoms with Crippen LogP contribution in [-0.2, 0) is 13.1 Å². The van der Waals surface area contributed by atoms with Crippen molar-refractivity contribution >= 4 is 5.69 Å². The molecule has 4 rings (SSSR count). The highest BCUT2D eigenvalue weighted by molar-refractivity contribution is 5.35. The van der Waals surface area contributed by atoms with Crippen molar-refractivity contribution in [2.75, 3.05) is 6.54 Å². The fourth-order valence-electron chi connectivity index (χ4n) is 3.89. The van der Waals surface area contributed by atoms with Crippen LogP contribution in [0.15, 0.2) is 60.8 Å². The monoisotopic (exact) mass is 383 g/mol. The summed E-state index contributed by atoms with van der Waals surface area (Å²) in [6, 6.07) is 13.6. The lowest BCUT2D eigenvalue weighted by atomic mass is 10.00. The van der Waals surface area contributed by atoms with E-state index in [-0.39, 0.29) is 5.69 Å². The molecule has 1 aliphatic heterocycles. The second kappa shape index (κ2) is 7.52. The summed E-state index contributed by atoms with van der Waals surface area (Å²) in [7, 11) is 0. The first-order chi connectivity index (χ1) is 13.5. The molecule has 1 aromatic heterocycles. The van der Waals surface area contributed by atoms with Gasteiger partial charge in [0.2, 0.25) is 0 Å². The van der Waals surface area contributed by atoms with Crippen molar-refractivity contribution in [3.63, 3.8) is 0 Å². The number of aromatic nitrogens is 1. The van der Waals surface area contributed by atoms with E-state index in [0.29, 0.717) is 18.7 Å². The number of aryl methyl sites for hydroxylation is 1. The fraction of sp³-hybridized carbons (Fsp3) is 0.238. The Hall–Kier alpha value is -3.06. The Morgan fingerprint density at radius 1 is 1.07 bits per heavy atom. The zero-order valence-electron chi connectivity index (χ0n) is 15.1. The lowest BCUT2D eigenvalue weighted by molar-refractivity contribution is -0.384. The lowest BCUT2D eigenvalue weighted by Gasteiger charge is -2.31. The van der Waals surface area contributed by atoms with Crippen LogP contribution in [0.5, 0.6) is 0 Å². The third-order valence-electron chi connectivity index (χ3n) is 5.12. The van der Waals surface area contributed by atoms with Gasteiger partial charge in [-0.2, -0.15) is 0 Å². The molecule has 1 atom stereocenters. The highest BCUT2D eigenvalue weighted by Gasteiger charge is 2.29. The van der Waals surface area contributed by atoms with Crippen molar-refractivity contribution in [1.82, 2.24) is 9.47 Å². The summed E-state index contributed by atoms with van der Waals surface area (Å²) in [4.78, 5) is 12.8. The molecule has 5 nitrogen and oxygen atoms in total. The van der Waals surface area contributed by atoms with Gasteiger partial charge in [-0.3, -0.25) is 15.0 Å². The predicted molar refractivity (Wildman–Crippen MR) is 101 cm³/mol. The van der Waals surface area contributed by atoms with Crippen molar-refractivity contribution in [1.29, 1.82) is 0 Å². The van der Waals surface area contributed by atoms with E-state index in [4.69, 9.17) is 0 Å². The molecule has 0 saturated carbocycles. The van der Waals surface area contributed by atoms with Crippen molar-refractivity contribution in [3.8, 4) is 0 Å². The molecule has 0 saturated heterocycles. The number of hydrogen-bond donors (Lipinski definition) is 0. The summed E-state index contributed by atoms with van der Waals surface area (Å²) in [5.74, 6) is -1.21. The van der Waals surface area contributed by atoms with E-state index >= 15 is 0 Å². The Labute approximate surface area is 161 Å². The lowest BCUT2D eigenvalue weighted by Crippen LogP contribution is -2.30. The topological polar surface area (TPSA) is 51.3 Å². The van der Waals surface area contributed by atoms with E-state index in [1.807, 2.05) is 24.4 Å². The first kappa shape index (κ1) is 18.3. The Bertz CT molecular complexity index is 1020. The van der Waals surface area contributed by atoms with Gasteiger partial charge in [0.1, 0.15) is 11.6 Å². The molecular weight excluding hydrogens is 364 g/mol. The van der Waals surface area contributed by atoms with Gasteiger partial charge in [0.05, 0.1) is 11.0 Å². The van der Waals surface area contributed by atoms with E-state index in [1.54, 1.807) is 12.1 Å². The van der Waals surface area contributed by atoms with Crippen LogP contribution in [0.25, 0.3) is 0 Å². The van der Waals surface area contributed by atoms with Crippen LogP contribution in [0.3, 0.4) is 0 Å². The Kier molecular flexibility index (Phi) is 4.92. The van der Waals surface area contributed by atoms with Gasteiger partial charge in [-0.15, -0.1) is 0 Å². The summed E-state index contributed by atoms with van der Waals surface area (Å²) in [5, 5.41) is 11.1. The molecule has 0 fully saturated rings. The van der Waals surface area contributed by atoms with E-state index in [1.165, 1.54) is 18.2 Å². The van der Waals surface area contributed by atoms with Gasteiger partial charge in [-0.25, -0.2) is 8.78 Å². The average Bonchev–Trinajstić information content (AvgIpc) is 3.05. The van der Waals surface area contributed by atoms with Crippen LogP contribution < -0.4 is 0 Å². The fourth-order valence-corrected chi connectivity index (χ4v) is 3.89. The predicted octanol–water partition coefficient (Wildman–Crippen LogP) is 4.67. The molecule has 28 heavy (non-hydrogen) atoms. The van der Waals surface area contributed by atoms with Gasteiger partial charge in [-0.05, 0) is 30.2 Å². The number of nitro groups is 1.